The molecule has 2 unspecified atom stereocenters. The van der Waals surface area contributed by atoms with Crippen molar-refractivity contribution >= 4 is 23.4 Å². The van der Waals surface area contributed by atoms with Gasteiger partial charge in [0, 0.05) is 37.6 Å². The van der Waals surface area contributed by atoms with E-state index < -0.39 is 0 Å². The molecule has 1 heterocycles. The first-order chi connectivity index (χ1) is 10.5. The van der Waals surface area contributed by atoms with Gasteiger partial charge in [0.1, 0.15) is 0 Å². The third-order valence-corrected chi connectivity index (χ3v) is 4.10. The largest absolute Gasteiger partial charge is 0.349 e. The van der Waals surface area contributed by atoms with Crippen LogP contribution in [-0.4, -0.2) is 42.4 Å². The van der Waals surface area contributed by atoms with Gasteiger partial charge < -0.3 is 15.5 Å². The van der Waals surface area contributed by atoms with Gasteiger partial charge in [0.05, 0.1) is 12.5 Å². The number of nitrogens with zero attached hydrogens (tertiary/aromatic N) is 1. The fourth-order valence-corrected chi connectivity index (χ4v) is 2.82. The highest BCUT2D eigenvalue weighted by Crippen LogP contribution is 2.21. The van der Waals surface area contributed by atoms with E-state index in [2.05, 4.69) is 10.6 Å². The first kappa shape index (κ1) is 16.8. The van der Waals surface area contributed by atoms with Crippen molar-refractivity contribution in [3.8, 4) is 0 Å². The van der Waals surface area contributed by atoms with Gasteiger partial charge >= 0.3 is 0 Å². The lowest BCUT2D eigenvalue weighted by atomic mass is 10.0. The summed E-state index contributed by atoms with van der Waals surface area (Å²) in [6.07, 6.45) is 0.256. The number of carbonyl (C=O) groups excluding carboxylic acids is 2. The standard InChI is InChI=1S/C16H22ClN3O2/c1-11-10-18-7-8-20(11)16(22)9-15(19-12(2)21)13-3-5-14(17)6-4-13/h3-6,11,15,18H,7-10H2,1-2H3,(H,19,21). The van der Waals surface area contributed by atoms with Gasteiger partial charge in [-0.05, 0) is 24.6 Å². The molecule has 120 valence electrons. The van der Waals surface area contributed by atoms with Crippen LogP contribution in [0.15, 0.2) is 24.3 Å². The van der Waals surface area contributed by atoms with Crippen LogP contribution < -0.4 is 10.6 Å². The van der Waals surface area contributed by atoms with Gasteiger partial charge in [-0.3, -0.25) is 9.59 Å². The maximum Gasteiger partial charge on any atom is 0.225 e. The minimum absolute atomic E-state index is 0.0581. The van der Waals surface area contributed by atoms with Crippen LogP contribution >= 0.6 is 11.6 Å². The molecule has 6 heteroatoms. The Kier molecular flexibility index (Phi) is 5.80. The highest BCUT2D eigenvalue weighted by molar-refractivity contribution is 6.30. The first-order valence-corrected chi connectivity index (χ1v) is 7.88. The maximum absolute atomic E-state index is 12.6. The monoisotopic (exact) mass is 323 g/mol. The van der Waals surface area contributed by atoms with Gasteiger partial charge in [0.2, 0.25) is 11.8 Å². The van der Waals surface area contributed by atoms with Gasteiger partial charge in [-0.1, -0.05) is 23.7 Å². The highest BCUT2D eigenvalue weighted by atomic mass is 35.5. The zero-order valence-corrected chi connectivity index (χ0v) is 13.7. The van der Waals surface area contributed by atoms with Crippen LogP contribution in [-0.2, 0) is 9.59 Å². The van der Waals surface area contributed by atoms with Crippen molar-refractivity contribution < 1.29 is 9.59 Å². The van der Waals surface area contributed by atoms with E-state index in [-0.39, 0.29) is 30.3 Å². The summed E-state index contributed by atoms with van der Waals surface area (Å²) in [5.41, 5.74) is 0.885. The van der Waals surface area contributed by atoms with Crippen LogP contribution in [0.2, 0.25) is 5.02 Å². The minimum atomic E-state index is -0.329. The summed E-state index contributed by atoms with van der Waals surface area (Å²) in [5, 5.41) is 6.75. The molecule has 2 atom stereocenters. The quantitative estimate of drug-likeness (QED) is 0.887. The SMILES string of the molecule is CC(=O)NC(CC(=O)N1CCNCC1C)c1ccc(Cl)cc1. The molecule has 1 aliphatic rings. The van der Waals surface area contributed by atoms with Crippen molar-refractivity contribution in [3.05, 3.63) is 34.9 Å². The summed E-state index contributed by atoms with van der Waals surface area (Å²) in [7, 11) is 0. The van der Waals surface area contributed by atoms with Gasteiger partial charge in [-0.25, -0.2) is 0 Å². The highest BCUT2D eigenvalue weighted by Gasteiger charge is 2.26. The first-order valence-electron chi connectivity index (χ1n) is 7.50. The molecular weight excluding hydrogens is 302 g/mol. The molecular formula is C16H22ClN3O2. The second-order valence-electron chi connectivity index (χ2n) is 5.65. The molecule has 0 aromatic heterocycles. The van der Waals surface area contributed by atoms with Crippen LogP contribution in [0.25, 0.3) is 0 Å². The molecule has 2 N–H and O–H groups in total. The number of rotatable bonds is 4. The van der Waals surface area contributed by atoms with Crippen molar-refractivity contribution in [1.29, 1.82) is 0 Å². The lowest BCUT2D eigenvalue weighted by molar-refractivity contribution is -0.134. The van der Waals surface area contributed by atoms with E-state index in [1.807, 2.05) is 24.0 Å². The van der Waals surface area contributed by atoms with E-state index in [9.17, 15) is 9.59 Å². The average molecular weight is 324 g/mol. The van der Waals surface area contributed by atoms with Gasteiger partial charge in [0.25, 0.3) is 0 Å². The van der Waals surface area contributed by atoms with E-state index in [1.54, 1.807) is 12.1 Å². The second-order valence-corrected chi connectivity index (χ2v) is 6.09. The fraction of sp³-hybridized carbons (Fsp3) is 0.500. The smallest absolute Gasteiger partial charge is 0.225 e. The number of carbonyl (C=O) groups is 2. The second kappa shape index (κ2) is 7.61. The van der Waals surface area contributed by atoms with E-state index in [1.165, 1.54) is 6.92 Å². The Morgan fingerprint density at radius 3 is 2.68 bits per heavy atom. The molecule has 0 bridgehead atoms. The lowest BCUT2D eigenvalue weighted by Gasteiger charge is -2.35. The summed E-state index contributed by atoms with van der Waals surface area (Å²) < 4.78 is 0. The summed E-state index contributed by atoms with van der Waals surface area (Å²) in [5.74, 6) is -0.0937. The number of halogens is 1. The summed E-state index contributed by atoms with van der Waals surface area (Å²) >= 11 is 5.90. The molecule has 2 rings (SSSR count). The molecule has 0 spiro atoms. The molecule has 1 aromatic rings. The third-order valence-electron chi connectivity index (χ3n) is 3.85. The Labute approximate surface area is 136 Å². The summed E-state index contributed by atoms with van der Waals surface area (Å²) in [6, 6.07) is 7.07. The summed E-state index contributed by atoms with van der Waals surface area (Å²) in [6.45, 7) is 5.80. The minimum Gasteiger partial charge on any atom is -0.349 e. The summed E-state index contributed by atoms with van der Waals surface area (Å²) in [4.78, 5) is 25.9. The molecule has 5 nitrogen and oxygen atoms in total. The Bertz CT molecular complexity index is 533. The number of piperazine rings is 1. The Morgan fingerprint density at radius 2 is 2.09 bits per heavy atom. The molecule has 1 fully saturated rings. The third kappa shape index (κ3) is 4.45. The molecule has 2 amide bonds. The lowest BCUT2D eigenvalue weighted by Crippen LogP contribution is -2.52. The molecule has 1 saturated heterocycles. The van der Waals surface area contributed by atoms with Crippen molar-refractivity contribution in [3.63, 3.8) is 0 Å². The zero-order valence-electron chi connectivity index (χ0n) is 12.9. The zero-order chi connectivity index (χ0) is 16.1. The van der Waals surface area contributed by atoms with E-state index in [4.69, 9.17) is 11.6 Å². The van der Waals surface area contributed by atoms with Crippen LogP contribution in [0, 0.1) is 0 Å². The van der Waals surface area contributed by atoms with Crippen LogP contribution in [0.1, 0.15) is 31.9 Å². The molecule has 1 aliphatic heterocycles. The predicted octanol–water partition coefficient (Wildman–Crippen LogP) is 1.73. The topological polar surface area (TPSA) is 61.4 Å². The normalized spacial score (nSPS) is 19.6. The number of hydrogen-bond donors (Lipinski definition) is 2. The Morgan fingerprint density at radius 1 is 1.41 bits per heavy atom. The predicted molar refractivity (Wildman–Crippen MR) is 86.7 cm³/mol. The van der Waals surface area contributed by atoms with Crippen LogP contribution in [0.4, 0.5) is 0 Å². The number of hydrogen-bond acceptors (Lipinski definition) is 3. The van der Waals surface area contributed by atoms with Crippen LogP contribution in [0.5, 0.6) is 0 Å². The van der Waals surface area contributed by atoms with Crippen molar-refractivity contribution in [2.75, 3.05) is 19.6 Å². The van der Waals surface area contributed by atoms with E-state index in [0.717, 1.165) is 18.7 Å². The maximum atomic E-state index is 12.6. The Hall–Kier alpha value is -1.59. The average Bonchev–Trinajstić information content (AvgIpc) is 2.47. The number of nitrogens with one attached hydrogen (secondary N) is 2. The van der Waals surface area contributed by atoms with Crippen LogP contribution in [0.3, 0.4) is 0 Å². The molecule has 0 radical (unpaired) electrons. The van der Waals surface area contributed by atoms with Crippen molar-refractivity contribution in [2.45, 2.75) is 32.4 Å². The molecule has 0 aliphatic carbocycles. The molecule has 22 heavy (non-hydrogen) atoms. The number of benzene rings is 1. The van der Waals surface area contributed by atoms with E-state index in [0.29, 0.717) is 11.6 Å². The van der Waals surface area contributed by atoms with Crippen molar-refractivity contribution in [2.24, 2.45) is 0 Å². The molecule has 1 aromatic carbocycles. The van der Waals surface area contributed by atoms with Crippen molar-refractivity contribution in [1.82, 2.24) is 15.5 Å². The van der Waals surface area contributed by atoms with Gasteiger partial charge in [-0.2, -0.15) is 0 Å². The fourth-order valence-electron chi connectivity index (χ4n) is 2.70. The van der Waals surface area contributed by atoms with Gasteiger partial charge in [0.15, 0.2) is 0 Å². The molecule has 0 saturated carbocycles. The van der Waals surface area contributed by atoms with Gasteiger partial charge in [-0.15, -0.1) is 0 Å². The Balaban J connectivity index is 2.10. The number of amides is 2. The van der Waals surface area contributed by atoms with E-state index >= 15 is 0 Å².